The summed E-state index contributed by atoms with van der Waals surface area (Å²) in [4.78, 5) is 0. The van der Waals surface area contributed by atoms with E-state index >= 15 is 0 Å². The molecule has 4 unspecified atom stereocenters. The molecule has 0 amide bonds. The van der Waals surface area contributed by atoms with E-state index in [-0.39, 0.29) is 56.7 Å². The minimum atomic E-state index is -0.345. The van der Waals surface area contributed by atoms with Crippen molar-refractivity contribution in [2.24, 2.45) is 5.92 Å². The van der Waals surface area contributed by atoms with Gasteiger partial charge in [0.05, 0.1) is 93.8 Å². The maximum absolute atomic E-state index is 9.09. The van der Waals surface area contributed by atoms with Crippen LogP contribution in [0.15, 0.2) is 0 Å². The van der Waals surface area contributed by atoms with Crippen LogP contribution < -0.4 is 0 Å². The number of unbranched alkanes of at least 4 members (excludes halogenated alkanes) is 5. The fourth-order valence-electron chi connectivity index (χ4n) is 4.22. The monoisotopic (exact) mass is 508 g/mol. The van der Waals surface area contributed by atoms with Crippen molar-refractivity contribution in [3.63, 3.8) is 0 Å². The summed E-state index contributed by atoms with van der Waals surface area (Å²) in [6.45, 7) is 0.835. The van der Waals surface area contributed by atoms with Gasteiger partial charge in [-0.15, -0.1) is 0 Å². The van der Waals surface area contributed by atoms with Gasteiger partial charge in [-0.3, -0.25) is 0 Å². The summed E-state index contributed by atoms with van der Waals surface area (Å²) in [5, 5.41) is 53.9. The fourth-order valence-corrected chi connectivity index (χ4v) is 4.22. The smallest absolute Gasteiger partial charge is 0.0840 e. The van der Waals surface area contributed by atoms with Crippen molar-refractivity contribution in [3.05, 3.63) is 0 Å². The number of hydrogen-bond acceptors (Lipinski definition) is 9. The van der Waals surface area contributed by atoms with Crippen molar-refractivity contribution in [1.82, 2.24) is 0 Å². The van der Waals surface area contributed by atoms with Crippen LogP contribution in [0.5, 0.6) is 0 Å². The number of nitriles is 6. The first kappa shape index (κ1) is 33.8. The average Bonchev–Trinajstić information content (AvgIpc) is 2.90. The topological polar surface area (TPSA) is 170 Å². The quantitative estimate of drug-likeness (QED) is 0.147. The zero-order valence-corrected chi connectivity index (χ0v) is 21.9. The second-order valence-corrected chi connectivity index (χ2v) is 8.81. The van der Waals surface area contributed by atoms with Gasteiger partial charge in [0.25, 0.3) is 0 Å². The maximum Gasteiger partial charge on any atom is 0.0840 e. The SMILES string of the molecule is N#CCCCCC(OCCC#N)C(CCCC#N)CC(OCCC#N)C(CCCCC#N)OCCC#N. The molecule has 37 heavy (non-hydrogen) atoms. The van der Waals surface area contributed by atoms with Crippen LogP contribution in [0, 0.1) is 73.9 Å². The zero-order chi connectivity index (χ0) is 27.4. The van der Waals surface area contributed by atoms with E-state index < -0.39 is 0 Å². The minimum Gasteiger partial charge on any atom is -0.377 e. The average molecular weight is 509 g/mol. The summed E-state index contributed by atoms with van der Waals surface area (Å²) < 4.78 is 18.4. The highest BCUT2D eigenvalue weighted by Gasteiger charge is 2.30. The van der Waals surface area contributed by atoms with Gasteiger partial charge in [0.2, 0.25) is 0 Å². The minimum absolute atomic E-state index is 0.0300. The predicted octanol–water partition coefficient (Wildman–Crippen LogP) is 5.75. The molecule has 0 aromatic carbocycles. The van der Waals surface area contributed by atoms with Crippen molar-refractivity contribution in [3.8, 4) is 36.4 Å². The van der Waals surface area contributed by atoms with Crippen molar-refractivity contribution in [2.75, 3.05) is 19.8 Å². The van der Waals surface area contributed by atoms with Gasteiger partial charge in [-0.05, 0) is 63.7 Å². The van der Waals surface area contributed by atoms with Gasteiger partial charge in [-0.25, -0.2) is 0 Å². The molecule has 0 saturated heterocycles. The third-order valence-corrected chi connectivity index (χ3v) is 6.03. The Labute approximate surface area is 222 Å². The van der Waals surface area contributed by atoms with Crippen LogP contribution in [-0.2, 0) is 14.2 Å². The number of hydrogen-bond donors (Lipinski definition) is 0. The molecule has 200 valence electrons. The van der Waals surface area contributed by atoms with Crippen LogP contribution in [0.3, 0.4) is 0 Å². The van der Waals surface area contributed by atoms with Crippen LogP contribution in [0.1, 0.15) is 96.3 Å². The highest BCUT2D eigenvalue weighted by atomic mass is 16.5. The van der Waals surface area contributed by atoms with Gasteiger partial charge in [0.15, 0.2) is 0 Å². The summed E-state index contributed by atoms with van der Waals surface area (Å²) in [6.07, 6.45) is 7.83. The van der Waals surface area contributed by atoms with Gasteiger partial charge in [0, 0.05) is 19.3 Å². The highest BCUT2D eigenvalue weighted by molar-refractivity contribution is 4.84. The number of rotatable bonds is 24. The molecular formula is C28H40N6O3. The first-order valence-electron chi connectivity index (χ1n) is 13.2. The van der Waals surface area contributed by atoms with Gasteiger partial charge < -0.3 is 14.2 Å². The standard InChI is InChI=1S/C28H40N6O3/c29-15-6-1-3-13-26(35-21-9-18-32)25(12-5-8-17-31)24-28(37-23-11-20-34)27(36-22-10-19-33)14-4-2-7-16-30/h25-28H,1-14,21-24H2. The van der Waals surface area contributed by atoms with Crippen molar-refractivity contribution >= 4 is 0 Å². The van der Waals surface area contributed by atoms with Crippen molar-refractivity contribution < 1.29 is 14.2 Å². The molecule has 0 fully saturated rings. The molecule has 9 heteroatoms. The van der Waals surface area contributed by atoms with Crippen LogP contribution in [0.2, 0.25) is 0 Å². The van der Waals surface area contributed by atoms with E-state index in [9.17, 15) is 0 Å². The van der Waals surface area contributed by atoms with E-state index in [0.717, 1.165) is 38.5 Å². The third-order valence-electron chi connectivity index (χ3n) is 6.03. The molecule has 0 heterocycles. The van der Waals surface area contributed by atoms with Crippen LogP contribution >= 0.6 is 0 Å². The largest absolute Gasteiger partial charge is 0.377 e. The third kappa shape index (κ3) is 18.7. The van der Waals surface area contributed by atoms with E-state index in [0.29, 0.717) is 45.1 Å². The Morgan fingerprint density at radius 3 is 1.30 bits per heavy atom. The van der Waals surface area contributed by atoms with Crippen LogP contribution in [-0.4, -0.2) is 38.1 Å². The van der Waals surface area contributed by atoms with E-state index in [1.807, 2.05) is 0 Å². The Bertz CT molecular complexity index is 756. The molecule has 0 aliphatic heterocycles. The first-order valence-corrected chi connectivity index (χ1v) is 13.2. The molecule has 0 aromatic heterocycles. The molecule has 0 bridgehead atoms. The van der Waals surface area contributed by atoms with Gasteiger partial charge in [0.1, 0.15) is 0 Å². The fraction of sp³-hybridized carbons (Fsp3) is 0.786. The Hall–Kier alpha value is -3.18. The van der Waals surface area contributed by atoms with E-state index in [1.165, 1.54) is 0 Å². The molecule has 0 N–H and O–H groups in total. The van der Waals surface area contributed by atoms with Gasteiger partial charge >= 0.3 is 0 Å². The second kappa shape index (κ2) is 25.9. The lowest BCUT2D eigenvalue weighted by Gasteiger charge is -2.34. The molecule has 4 atom stereocenters. The zero-order valence-electron chi connectivity index (χ0n) is 21.9. The lowest BCUT2D eigenvalue weighted by atomic mass is 9.85. The van der Waals surface area contributed by atoms with E-state index in [2.05, 4.69) is 36.4 Å². The first-order chi connectivity index (χ1) is 18.2. The lowest BCUT2D eigenvalue weighted by Crippen LogP contribution is -2.37. The van der Waals surface area contributed by atoms with Crippen molar-refractivity contribution in [1.29, 1.82) is 31.6 Å². The van der Waals surface area contributed by atoms with Gasteiger partial charge in [-0.2, -0.15) is 31.6 Å². The molecule has 0 spiro atoms. The number of nitrogens with zero attached hydrogens (tertiary/aromatic N) is 6. The summed E-state index contributed by atoms with van der Waals surface area (Å²) in [6, 6.07) is 12.8. The maximum atomic E-state index is 9.09. The molecule has 0 aliphatic carbocycles. The predicted molar refractivity (Wildman–Crippen MR) is 136 cm³/mol. The Balaban J connectivity index is 5.80. The van der Waals surface area contributed by atoms with Crippen LogP contribution in [0.4, 0.5) is 0 Å². The second-order valence-electron chi connectivity index (χ2n) is 8.81. The molecule has 0 saturated carbocycles. The normalized spacial score (nSPS) is 13.5. The summed E-state index contributed by atoms with van der Waals surface area (Å²) in [5.74, 6) is 0.0300. The molecule has 9 nitrogen and oxygen atoms in total. The molecular weight excluding hydrogens is 468 g/mol. The summed E-state index contributed by atoms with van der Waals surface area (Å²) in [7, 11) is 0. The Kier molecular flexibility index (Phi) is 23.7. The highest BCUT2D eigenvalue weighted by Crippen LogP contribution is 2.29. The Morgan fingerprint density at radius 2 is 0.811 bits per heavy atom. The lowest BCUT2D eigenvalue weighted by molar-refractivity contribution is -0.0964. The number of ether oxygens (including phenoxy) is 3. The van der Waals surface area contributed by atoms with Crippen LogP contribution in [0.25, 0.3) is 0 Å². The molecule has 0 aliphatic rings. The summed E-state index contributed by atoms with van der Waals surface area (Å²) in [5.41, 5.74) is 0. The molecule has 0 rings (SSSR count). The van der Waals surface area contributed by atoms with Crippen molar-refractivity contribution in [2.45, 2.75) is 115 Å². The van der Waals surface area contributed by atoms with E-state index in [1.54, 1.807) is 0 Å². The molecule has 0 aromatic rings. The van der Waals surface area contributed by atoms with E-state index in [4.69, 9.17) is 45.8 Å². The summed E-state index contributed by atoms with van der Waals surface area (Å²) >= 11 is 0. The van der Waals surface area contributed by atoms with Gasteiger partial charge in [-0.1, -0.05) is 0 Å². The molecule has 0 radical (unpaired) electrons. The Morgan fingerprint density at radius 1 is 0.405 bits per heavy atom.